The number of ether oxygens (including phenoxy) is 1. The molecular formula is C10H17N5O2. The van der Waals surface area contributed by atoms with Gasteiger partial charge in [0.05, 0.1) is 24.5 Å². The Labute approximate surface area is 99.3 Å². The summed E-state index contributed by atoms with van der Waals surface area (Å²) in [4.78, 5) is 11.7. The maximum Gasteiger partial charge on any atom is 0.242 e. The van der Waals surface area contributed by atoms with Gasteiger partial charge in [0.1, 0.15) is 6.54 Å². The minimum absolute atomic E-state index is 0.0750. The van der Waals surface area contributed by atoms with E-state index in [1.54, 1.807) is 6.20 Å². The molecule has 1 aromatic heterocycles. The molecule has 0 aliphatic carbocycles. The lowest BCUT2D eigenvalue weighted by molar-refractivity contribution is -0.123. The van der Waals surface area contributed by atoms with E-state index in [1.807, 2.05) is 0 Å². The van der Waals surface area contributed by atoms with Crippen molar-refractivity contribution in [2.75, 3.05) is 13.2 Å². The molecule has 2 heterocycles. The Hall–Kier alpha value is -1.47. The number of carbonyl (C=O) groups is 1. The fourth-order valence-corrected chi connectivity index (χ4v) is 1.78. The zero-order valence-electron chi connectivity index (χ0n) is 9.63. The largest absolute Gasteiger partial charge is 0.379 e. The van der Waals surface area contributed by atoms with Crippen LogP contribution in [0.3, 0.4) is 0 Å². The van der Waals surface area contributed by atoms with Crippen LogP contribution in [0, 0.1) is 0 Å². The number of aromatic nitrogens is 3. The van der Waals surface area contributed by atoms with E-state index in [-0.39, 0.29) is 18.5 Å². The summed E-state index contributed by atoms with van der Waals surface area (Å²) in [6.45, 7) is 1.88. The zero-order chi connectivity index (χ0) is 12.1. The van der Waals surface area contributed by atoms with E-state index in [0.29, 0.717) is 18.8 Å². The quantitative estimate of drug-likeness (QED) is 0.705. The van der Waals surface area contributed by atoms with Gasteiger partial charge in [-0.3, -0.25) is 4.79 Å². The normalized spacial score (nSPS) is 20.2. The van der Waals surface area contributed by atoms with Crippen LogP contribution in [-0.4, -0.2) is 40.2 Å². The predicted octanol–water partition coefficient (Wildman–Crippen LogP) is -0.968. The Morgan fingerprint density at radius 1 is 1.71 bits per heavy atom. The average Bonchev–Trinajstić information content (AvgIpc) is 2.78. The Bertz CT molecular complexity index is 373. The summed E-state index contributed by atoms with van der Waals surface area (Å²) in [5.41, 5.74) is 6.09. The van der Waals surface area contributed by atoms with E-state index in [2.05, 4.69) is 15.6 Å². The van der Waals surface area contributed by atoms with Crippen molar-refractivity contribution in [2.24, 2.45) is 5.73 Å². The van der Waals surface area contributed by atoms with Gasteiger partial charge in [-0.15, -0.1) is 5.10 Å². The summed E-state index contributed by atoms with van der Waals surface area (Å²) in [7, 11) is 0. The number of carbonyl (C=O) groups excluding carboxylic acids is 1. The third-order valence-electron chi connectivity index (χ3n) is 2.63. The first-order valence-corrected chi connectivity index (χ1v) is 5.74. The van der Waals surface area contributed by atoms with Crippen LogP contribution in [0.1, 0.15) is 18.5 Å². The van der Waals surface area contributed by atoms with Crippen molar-refractivity contribution >= 4 is 5.91 Å². The highest BCUT2D eigenvalue weighted by molar-refractivity contribution is 5.75. The monoisotopic (exact) mass is 239 g/mol. The molecule has 0 saturated carbocycles. The molecule has 1 atom stereocenters. The molecular weight excluding hydrogens is 222 g/mol. The van der Waals surface area contributed by atoms with Crippen molar-refractivity contribution < 1.29 is 9.53 Å². The standard InChI is InChI=1S/C10H17N5O2/c11-4-9-5-15(14-13-9)6-10(16)12-8-2-1-3-17-7-8/h5,8H,1-4,6-7,11H2,(H,12,16). The third-order valence-corrected chi connectivity index (χ3v) is 2.63. The van der Waals surface area contributed by atoms with E-state index in [9.17, 15) is 4.79 Å². The van der Waals surface area contributed by atoms with Crippen molar-refractivity contribution in [3.8, 4) is 0 Å². The minimum Gasteiger partial charge on any atom is -0.379 e. The maximum absolute atomic E-state index is 11.7. The van der Waals surface area contributed by atoms with Crippen molar-refractivity contribution in [1.29, 1.82) is 0 Å². The molecule has 7 nitrogen and oxygen atoms in total. The van der Waals surface area contributed by atoms with Crippen LogP contribution in [0.4, 0.5) is 0 Å². The first-order chi connectivity index (χ1) is 8.28. The average molecular weight is 239 g/mol. The van der Waals surface area contributed by atoms with Gasteiger partial charge in [-0.25, -0.2) is 4.68 Å². The van der Waals surface area contributed by atoms with Crippen LogP contribution < -0.4 is 11.1 Å². The molecule has 1 aliphatic heterocycles. The summed E-state index contributed by atoms with van der Waals surface area (Å²) in [5.74, 6) is -0.0750. The lowest BCUT2D eigenvalue weighted by Gasteiger charge is -2.22. The van der Waals surface area contributed by atoms with Crippen LogP contribution in [0.15, 0.2) is 6.20 Å². The number of nitrogens with two attached hydrogens (primary N) is 1. The molecule has 2 rings (SSSR count). The minimum atomic E-state index is -0.0750. The Morgan fingerprint density at radius 3 is 3.24 bits per heavy atom. The molecule has 0 radical (unpaired) electrons. The Balaban J connectivity index is 1.79. The topological polar surface area (TPSA) is 95.1 Å². The molecule has 1 aliphatic rings. The summed E-state index contributed by atoms with van der Waals surface area (Å²) in [6, 6.07) is 0.119. The summed E-state index contributed by atoms with van der Waals surface area (Å²) in [5, 5.41) is 10.5. The molecule has 94 valence electrons. The number of hydrogen-bond acceptors (Lipinski definition) is 5. The van der Waals surface area contributed by atoms with Crippen molar-refractivity contribution in [3.63, 3.8) is 0 Å². The van der Waals surface area contributed by atoms with Gasteiger partial charge in [-0.2, -0.15) is 0 Å². The highest BCUT2D eigenvalue weighted by Crippen LogP contribution is 2.05. The predicted molar refractivity (Wildman–Crippen MR) is 59.9 cm³/mol. The molecule has 0 bridgehead atoms. The molecule has 7 heteroatoms. The third kappa shape index (κ3) is 3.50. The van der Waals surface area contributed by atoms with Gasteiger partial charge in [0, 0.05) is 13.2 Å². The van der Waals surface area contributed by atoms with Crippen molar-refractivity contribution in [1.82, 2.24) is 20.3 Å². The van der Waals surface area contributed by atoms with Crippen molar-refractivity contribution in [2.45, 2.75) is 32.0 Å². The fourth-order valence-electron chi connectivity index (χ4n) is 1.78. The lowest BCUT2D eigenvalue weighted by Crippen LogP contribution is -2.42. The lowest BCUT2D eigenvalue weighted by atomic mass is 10.1. The van der Waals surface area contributed by atoms with E-state index in [4.69, 9.17) is 10.5 Å². The van der Waals surface area contributed by atoms with Crippen LogP contribution >= 0.6 is 0 Å². The molecule has 0 aromatic carbocycles. The van der Waals surface area contributed by atoms with Gasteiger partial charge in [0.25, 0.3) is 0 Å². The molecule has 1 aromatic rings. The highest BCUT2D eigenvalue weighted by Gasteiger charge is 2.16. The molecule has 1 fully saturated rings. The van der Waals surface area contributed by atoms with Gasteiger partial charge in [-0.1, -0.05) is 5.21 Å². The number of nitrogens with one attached hydrogen (secondary N) is 1. The molecule has 1 amide bonds. The van der Waals surface area contributed by atoms with Gasteiger partial charge in [0.2, 0.25) is 5.91 Å². The SMILES string of the molecule is NCc1cn(CC(=O)NC2CCCOC2)nn1. The van der Waals surface area contributed by atoms with Crippen LogP contribution in [0.2, 0.25) is 0 Å². The zero-order valence-corrected chi connectivity index (χ0v) is 9.63. The molecule has 0 spiro atoms. The van der Waals surface area contributed by atoms with E-state index < -0.39 is 0 Å². The fraction of sp³-hybridized carbons (Fsp3) is 0.700. The van der Waals surface area contributed by atoms with Gasteiger partial charge in [0.15, 0.2) is 0 Å². The summed E-state index contributed by atoms with van der Waals surface area (Å²) in [6.07, 6.45) is 3.64. The number of rotatable bonds is 4. The highest BCUT2D eigenvalue weighted by atomic mass is 16.5. The van der Waals surface area contributed by atoms with Gasteiger partial charge < -0.3 is 15.8 Å². The van der Waals surface area contributed by atoms with Crippen LogP contribution in [0.25, 0.3) is 0 Å². The molecule has 17 heavy (non-hydrogen) atoms. The van der Waals surface area contributed by atoms with Gasteiger partial charge >= 0.3 is 0 Å². The molecule has 1 saturated heterocycles. The second-order valence-corrected chi connectivity index (χ2v) is 4.09. The van der Waals surface area contributed by atoms with E-state index >= 15 is 0 Å². The van der Waals surface area contributed by atoms with E-state index in [0.717, 1.165) is 19.4 Å². The molecule has 1 unspecified atom stereocenters. The second-order valence-electron chi connectivity index (χ2n) is 4.09. The smallest absolute Gasteiger partial charge is 0.242 e. The first kappa shape index (κ1) is 12.0. The van der Waals surface area contributed by atoms with Gasteiger partial charge in [-0.05, 0) is 12.8 Å². The Morgan fingerprint density at radius 2 is 2.59 bits per heavy atom. The summed E-state index contributed by atoms with van der Waals surface area (Å²) < 4.78 is 6.78. The Kier molecular flexibility index (Phi) is 4.05. The summed E-state index contributed by atoms with van der Waals surface area (Å²) >= 11 is 0. The van der Waals surface area contributed by atoms with Crippen molar-refractivity contribution in [3.05, 3.63) is 11.9 Å². The number of nitrogens with zero attached hydrogens (tertiary/aromatic N) is 3. The van der Waals surface area contributed by atoms with Crippen LogP contribution in [-0.2, 0) is 22.6 Å². The van der Waals surface area contributed by atoms with E-state index in [1.165, 1.54) is 4.68 Å². The number of amides is 1. The van der Waals surface area contributed by atoms with Crippen LogP contribution in [0.5, 0.6) is 0 Å². The molecule has 3 N–H and O–H groups in total. The maximum atomic E-state index is 11.7. The first-order valence-electron chi connectivity index (χ1n) is 5.74. The number of hydrogen-bond donors (Lipinski definition) is 2. The second kappa shape index (κ2) is 5.74.